The van der Waals surface area contributed by atoms with Crippen LogP contribution in [0, 0.1) is 0 Å². The molecule has 0 spiro atoms. The number of ether oxygens (including phenoxy) is 4. The SMILES string of the molecule is CC/C=C\C/C=C\C/C=C\C/C=C\CCCCCCC(=O)OC(COC(=O)CCCCCCCCC/C=C\C/C=C\C/C=C\CC)COC1OC(CO)C(O)C(O)C1O. The Balaban J connectivity index is 2.36. The first-order chi connectivity index (χ1) is 28.8. The fraction of sp³-hybridized carbons (Fsp3) is 0.673. The number of aliphatic hydroxyl groups excluding tert-OH is 4. The third kappa shape index (κ3) is 30.5. The van der Waals surface area contributed by atoms with Gasteiger partial charge in [0.2, 0.25) is 0 Å². The van der Waals surface area contributed by atoms with Crippen LogP contribution >= 0.6 is 0 Å². The zero-order chi connectivity index (χ0) is 43.0. The minimum absolute atomic E-state index is 0.195. The van der Waals surface area contributed by atoms with Crippen molar-refractivity contribution in [1.82, 2.24) is 0 Å². The Hall–Kier alpha value is -3.12. The van der Waals surface area contributed by atoms with Gasteiger partial charge in [-0.1, -0.05) is 144 Å². The molecule has 10 heteroatoms. The van der Waals surface area contributed by atoms with Crippen LogP contribution in [0.3, 0.4) is 0 Å². The predicted octanol–water partition coefficient (Wildman–Crippen LogP) is 9.77. The van der Waals surface area contributed by atoms with Gasteiger partial charge >= 0.3 is 11.9 Å². The lowest BCUT2D eigenvalue weighted by Crippen LogP contribution is -2.59. The molecule has 6 atom stereocenters. The molecule has 1 fully saturated rings. The minimum atomic E-state index is -1.61. The standard InChI is InChI=1S/C49H80O10/c1-3-5-7-9-11-13-15-17-19-21-23-25-27-29-31-33-35-37-44(51)56-40-42(41-57-49-48(55)47(54)46(53)43(39-50)59-49)58-45(52)38-36-34-32-30-28-26-24-22-20-18-16-14-12-10-8-6-4-2/h5-8,11-14,17-20,24,26,42-43,46-50,53-55H,3-4,9-10,15-16,21-23,25,27-41H2,1-2H3/b7-5-,8-6-,13-11-,14-12-,19-17-,20-18-,26-24-. The van der Waals surface area contributed by atoms with E-state index in [1.165, 1.54) is 19.3 Å². The Morgan fingerprint density at radius 3 is 1.42 bits per heavy atom. The van der Waals surface area contributed by atoms with Crippen molar-refractivity contribution in [2.24, 2.45) is 0 Å². The van der Waals surface area contributed by atoms with Gasteiger partial charge in [0.05, 0.1) is 13.2 Å². The van der Waals surface area contributed by atoms with Crippen LogP contribution in [0.15, 0.2) is 85.1 Å². The van der Waals surface area contributed by atoms with Gasteiger partial charge in [0.1, 0.15) is 31.0 Å². The van der Waals surface area contributed by atoms with Gasteiger partial charge in [-0.05, 0) is 83.5 Å². The fourth-order valence-electron chi connectivity index (χ4n) is 6.25. The van der Waals surface area contributed by atoms with E-state index in [1.54, 1.807) is 0 Å². The minimum Gasteiger partial charge on any atom is -0.462 e. The lowest BCUT2D eigenvalue weighted by Gasteiger charge is -2.39. The molecule has 1 heterocycles. The smallest absolute Gasteiger partial charge is 0.306 e. The average molecular weight is 829 g/mol. The summed E-state index contributed by atoms with van der Waals surface area (Å²) in [5.74, 6) is -0.854. The zero-order valence-corrected chi connectivity index (χ0v) is 36.5. The number of carbonyl (C=O) groups excluding carboxylic acids is 2. The molecule has 1 aliphatic heterocycles. The third-order valence-corrected chi connectivity index (χ3v) is 9.78. The van der Waals surface area contributed by atoms with Crippen LogP contribution in [0.5, 0.6) is 0 Å². The van der Waals surface area contributed by atoms with Crippen LogP contribution in [0.2, 0.25) is 0 Å². The normalized spacial score (nSPS) is 20.8. The van der Waals surface area contributed by atoms with E-state index < -0.39 is 55.4 Å². The largest absolute Gasteiger partial charge is 0.462 e. The molecule has 0 aromatic carbocycles. The lowest BCUT2D eigenvalue weighted by molar-refractivity contribution is -0.305. The Bertz CT molecular complexity index is 1230. The van der Waals surface area contributed by atoms with Crippen molar-refractivity contribution in [3.05, 3.63) is 85.1 Å². The molecule has 4 N–H and O–H groups in total. The molecular formula is C49H80O10. The lowest BCUT2D eigenvalue weighted by atomic mass is 9.99. The fourth-order valence-corrected chi connectivity index (χ4v) is 6.25. The van der Waals surface area contributed by atoms with Gasteiger partial charge in [0.15, 0.2) is 12.4 Å². The molecule has 0 aromatic heterocycles. The highest BCUT2D eigenvalue weighted by Gasteiger charge is 2.44. The van der Waals surface area contributed by atoms with E-state index >= 15 is 0 Å². The van der Waals surface area contributed by atoms with Crippen LogP contribution in [0.1, 0.15) is 155 Å². The monoisotopic (exact) mass is 829 g/mol. The number of allylic oxidation sites excluding steroid dienone is 14. The summed E-state index contributed by atoms with van der Waals surface area (Å²) >= 11 is 0. The van der Waals surface area contributed by atoms with Crippen LogP contribution in [-0.4, -0.2) is 89.0 Å². The van der Waals surface area contributed by atoms with Crippen molar-refractivity contribution in [2.75, 3.05) is 19.8 Å². The van der Waals surface area contributed by atoms with E-state index in [4.69, 9.17) is 18.9 Å². The third-order valence-electron chi connectivity index (χ3n) is 9.78. The summed E-state index contributed by atoms with van der Waals surface area (Å²) in [6.07, 6.45) is 43.0. The molecule has 59 heavy (non-hydrogen) atoms. The summed E-state index contributed by atoms with van der Waals surface area (Å²) in [4.78, 5) is 25.4. The van der Waals surface area contributed by atoms with E-state index in [0.717, 1.165) is 96.3 Å². The maximum atomic E-state index is 12.8. The molecular weight excluding hydrogens is 749 g/mol. The van der Waals surface area contributed by atoms with Gasteiger partial charge in [-0.25, -0.2) is 0 Å². The maximum absolute atomic E-state index is 12.8. The number of esters is 2. The van der Waals surface area contributed by atoms with Gasteiger partial charge in [0, 0.05) is 12.8 Å². The summed E-state index contributed by atoms with van der Waals surface area (Å²) in [6.45, 7) is 3.15. The van der Waals surface area contributed by atoms with Crippen molar-refractivity contribution >= 4 is 11.9 Å². The summed E-state index contributed by atoms with van der Waals surface area (Å²) < 4.78 is 22.1. The number of hydrogen-bond donors (Lipinski definition) is 4. The molecule has 1 rings (SSSR count). The predicted molar refractivity (Wildman–Crippen MR) is 237 cm³/mol. The van der Waals surface area contributed by atoms with Gasteiger partial charge in [0.25, 0.3) is 0 Å². The summed E-state index contributed by atoms with van der Waals surface area (Å²) in [5.41, 5.74) is 0. The first-order valence-electron chi connectivity index (χ1n) is 22.7. The molecule has 0 amide bonds. The van der Waals surface area contributed by atoms with Crippen LogP contribution in [0.25, 0.3) is 0 Å². The molecule has 10 nitrogen and oxygen atoms in total. The second-order valence-electron chi connectivity index (χ2n) is 15.1. The van der Waals surface area contributed by atoms with E-state index in [9.17, 15) is 30.0 Å². The Labute approximate surface area is 356 Å². The van der Waals surface area contributed by atoms with Crippen molar-refractivity contribution in [3.8, 4) is 0 Å². The highest BCUT2D eigenvalue weighted by Crippen LogP contribution is 2.22. The van der Waals surface area contributed by atoms with Crippen molar-refractivity contribution < 1.29 is 49.0 Å². The maximum Gasteiger partial charge on any atom is 0.306 e. The molecule has 1 saturated heterocycles. The van der Waals surface area contributed by atoms with Crippen LogP contribution in [0.4, 0.5) is 0 Å². The molecule has 0 bridgehead atoms. The molecule has 0 aromatic rings. The van der Waals surface area contributed by atoms with Gasteiger partial charge < -0.3 is 39.4 Å². The Morgan fingerprint density at radius 1 is 0.525 bits per heavy atom. The quantitative estimate of drug-likeness (QED) is 0.0273. The highest BCUT2D eigenvalue weighted by molar-refractivity contribution is 5.70. The van der Waals surface area contributed by atoms with Gasteiger partial charge in [-0.2, -0.15) is 0 Å². The van der Waals surface area contributed by atoms with Crippen LogP contribution < -0.4 is 0 Å². The van der Waals surface area contributed by atoms with E-state index in [0.29, 0.717) is 12.8 Å². The second kappa shape index (κ2) is 39.0. The number of unbranched alkanes of at least 4 members (excludes halogenated alkanes) is 11. The van der Waals surface area contributed by atoms with Gasteiger partial charge in [-0.3, -0.25) is 9.59 Å². The first kappa shape index (κ1) is 53.9. The molecule has 0 radical (unpaired) electrons. The number of carbonyl (C=O) groups is 2. The number of hydrogen-bond acceptors (Lipinski definition) is 10. The Kier molecular flexibility index (Phi) is 35.7. The first-order valence-corrected chi connectivity index (χ1v) is 22.7. The van der Waals surface area contributed by atoms with Crippen molar-refractivity contribution in [2.45, 2.75) is 192 Å². The van der Waals surface area contributed by atoms with Crippen molar-refractivity contribution in [1.29, 1.82) is 0 Å². The van der Waals surface area contributed by atoms with E-state index in [1.807, 2.05) is 0 Å². The number of rotatable bonds is 36. The van der Waals surface area contributed by atoms with E-state index in [2.05, 4.69) is 98.9 Å². The van der Waals surface area contributed by atoms with Crippen molar-refractivity contribution in [3.63, 3.8) is 0 Å². The molecule has 0 saturated carbocycles. The number of aliphatic hydroxyl groups is 4. The molecule has 1 aliphatic rings. The van der Waals surface area contributed by atoms with Crippen LogP contribution in [-0.2, 0) is 28.5 Å². The summed E-state index contributed by atoms with van der Waals surface area (Å²) in [6, 6.07) is 0. The molecule has 336 valence electrons. The molecule has 6 unspecified atom stereocenters. The summed E-state index contributed by atoms with van der Waals surface area (Å²) in [7, 11) is 0. The Morgan fingerprint density at radius 2 is 0.949 bits per heavy atom. The zero-order valence-electron chi connectivity index (χ0n) is 36.5. The second-order valence-corrected chi connectivity index (χ2v) is 15.1. The molecule has 0 aliphatic carbocycles. The highest BCUT2D eigenvalue weighted by atomic mass is 16.7. The average Bonchev–Trinajstić information content (AvgIpc) is 3.23. The summed E-state index contributed by atoms with van der Waals surface area (Å²) in [5, 5.41) is 40.1. The topological polar surface area (TPSA) is 152 Å². The van der Waals surface area contributed by atoms with Gasteiger partial charge in [-0.15, -0.1) is 0 Å². The van der Waals surface area contributed by atoms with E-state index in [-0.39, 0.29) is 26.1 Å².